The lowest BCUT2D eigenvalue weighted by atomic mass is 10.1. The van der Waals surface area contributed by atoms with Crippen LogP contribution in [0.3, 0.4) is 0 Å². The number of ether oxygens (including phenoxy) is 1. The van der Waals surface area contributed by atoms with Gasteiger partial charge in [0, 0.05) is 56.3 Å². The highest BCUT2D eigenvalue weighted by Crippen LogP contribution is 2.38. The van der Waals surface area contributed by atoms with Gasteiger partial charge < -0.3 is 14.5 Å². The van der Waals surface area contributed by atoms with E-state index in [1.54, 1.807) is 23.9 Å². The van der Waals surface area contributed by atoms with E-state index in [2.05, 4.69) is 20.8 Å². The highest BCUT2D eigenvalue weighted by molar-refractivity contribution is 8.77. The van der Waals surface area contributed by atoms with Crippen molar-refractivity contribution in [1.29, 1.82) is 0 Å². The molecule has 1 aliphatic rings. The van der Waals surface area contributed by atoms with Gasteiger partial charge in [0.2, 0.25) is 11.8 Å². The molecule has 1 rings (SSSR count). The molecular formula is C21H35N3O5S2. The number of likely N-dealkylation sites (N-methyl/N-ethyl adjacent to an activating group) is 2. The third kappa shape index (κ3) is 10.6. The third-order valence-corrected chi connectivity index (χ3v) is 8.21. The summed E-state index contributed by atoms with van der Waals surface area (Å²) in [5, 5.41) is 0. The van der Waals surface area contributed by atoms with Crippen LogP contribution in [0.5, 0.6) is 0 Å². The van der Waals surface area contributed by atoms with E-state index in [0.29, 0.717) is 19.5 Å². The predicted octanol–water partition coefficient (Wildman–Crippen LogP) is 2.19. The Balaban J connectivity index is 2.18. The van der Waals surface area contributed by atoms with Gasteiger partial charge in [0.1, 0.15) is 0 Å². The van der Waals surface area contributed by atoms with Crippen molar-refractivity contribution in [3.63, 3.8) is 0 Å². The minimum Gasteiger partial charge on any atom is -0.379 e. The molecule has 0 unspecified atom stereocenters. The molecule has 4 amide bonds. The van der Waals surface area contributed by atoms with Crippen LogP contribution >= 0.6 is 21.6 Å². The smallest absolute Gasteiger partial charge is 0.253 e. The lowest BCUT2D eigenvalue weighted by molar-refractivity contribution is -0.138. The van der Waals surface area contributed by atoms with Crippen molar-refractivity contribution >= 4 is 45.2 Å². The summed E-state index contributed by atoms with van der Waals surface area (Å²) in [6.07, 6.45) is 3.96. The number of rotatable bonds is 15. The third-order valence-electron chi connectivity index (χ3n) is 4.79. The van der Waals surface area contributed by atoms with Gasteiger partial charge in [-0.1, -0.05) is 28.5 Å². The summed E-state index contributed by atoms with van der Waals surface area (Å²) in [6, 6.07) is 0. The Labute approximate surface area is 193 Å². The highest BCUT2D eigenvalue weighted by Gasteiger charge is 2.23. The Morgan fingerprint density at radius 3 is 2.10 bits per heavy atom. The molecule has 0 N–H and O–H groups in total. The van der Waals surface area contributed by atoms with Crippen molar-refractivity contribution in [2.45, 2.75) is 44.8 Å². The van der Waals surface area contributed by atoms with Crippen LogP contribution in [0.2, 0.25) is 0 Å². The Bertz CT molecular complexity index is 651. The van der Waals surface area contributed by atoms with Crippen molar-refractivity contribution in [3.05, 3.63) is 12.2 Å². The van der Waals surface area contributed by atoms with E-state index in [9.17, 15) is 19.2 Å². The zero-order valence-corrected chi connectivity index (χ0v) is 20.9. The molecule has 1 heterocycles. The topological polar surface area (TPSA) is 87.2 Å². The molecule has 0 aromatic carbocycles. The molecule has 176 valence electrons. The van der Waals surface area contributed by atoms with E-state index in [4.69, 9.17) is 4.74 Å². The van der Waals surface area contributed by atoms with E-state index in [1.165, 1.54) is 12.2 Å². The van der Waals surface area contributed by atoms with E-state index in [0.717, 1.165) is 17.1 Å². The summed E-state index contributed by atoms with van der Waals surface area (Å²) >= 11 is 0. The number of carbonyl (C=O) groups is 4. The number of imide groups is 1. The van der Waals surface area contributed by atoms with Gasteiger partial charge in [0.05, 0.1) is 26.2 Å². The van der Waals surface area contributed by atoms with Crippen molar-refractivity contribution < 1.29 is 23.9 Å². The number of hydrogen-bond acceptors (Lipinski definition) is 7. The van der Waals surface area contributed by atoms with Crippen LogP contribution in [-0.4, -0.2) is 95.8 Å². The highest BCUT2D eigenvalue weighted by atomic mass is 33.1. The molecule has 0 aromatic rings. The molecule has 0 spiro atoms. The first kappa shape index (κ1) is 27.5. The SMILES string of the molecule is CCSSC(C)(C)CCC(=O)N(C)CCN(C)C(=O)CCOCCN1C(=O)C=CC1=O. The van der Waals surface area contributed by atoms with Crippen molar-refractivity contribution in [2.75, 3.05) is 52.7 Å². The Hall–Kier alpha value is -1.52. The molecule has 0 saturated heterocycles. The standard InChI is InChI=1S/C21H35N3O5S2/c1-6-30-31-21(2,3)11-9-17(25)22(4)12-13-23(5)18(26)10-15-29-16-14-24-19(27)7-8-20(24)28/h7-8H,6,9-16H2,1-5H3. The Morgan fingerprint density at radius 1 is 1.00 bits per heavy atom. The maximum Gasteiger partial charge on any atom is 0.253 e. The van der Waals surface area contributed by atoms with Gasteiger partial charge in [-0.05, 0) is 20.3 Å². The van der Waals surface area contributed by atoms with Crippen LogP contribution in [0.25, 0.3) is 0 Å². The number of nitrogens with zero attached hydrogens (tertiary/aromatic N) is 3. The summed E-state index contributed by atoms with van der Waals surface area (Å²) < 4.78 is 5.43. The fourth-order valence-corrected chi connectivity index (χ4v) is 4.85. The fourth-order valence-electron chi connectivity index (χ4n) is 2.67. The average molecular weight is 474 g/mol. The summed E-state index contributed by atoms with van der Waals surface area (Å²) in [5.74, 6) is 0.364. The zero-order chi connectivity index (χ0) is 23.4. The van der Waals surface area contributed by atoms with E-state index in [1.807, 2.05) is 21.6 Å². The molecule has 0 atom stereocenters. The fraction of sp³-hybridized carbons (Fsp3) is 0.714. The van der Waals surface area contributed by atoms with Gasteiger partial charge in [-0.25, -0.2) is 0 Å². The first-order valence-corrected chi connectivity index (χ1v) is 12.8. The monoisotopic (exact) mass is 473 g/mol. The molecule has 0 fully saturated rings. The molecular weight excluding hydrogens is 438 g/mol. The second-order valence-corrected chi connectivity index (χ2v) is 11.2. The quantitative estimate of drug-likeness (QED) is 0.205. The first-order chi connectivity index (χ1) is 14.6. The minimum absolute atomic E-state index is 0.0514. The van der Waals surface area contributed by atoms with Crippen molar-refractivity contribution in [2.24, 2.45) is 0 Å². The molecule has 0 aromatic heterocycles. The van der Waals surface area contributed by atoms with Gasteiger partial charge in [0.15, 0.2) is 0 Å². The molecule has 10 heteroatoms. The van der Waals surface area contributed by atoms with Crippen LogP contribution in [0.1, 0.15) is 40.0 Å². The molecule has 0 saturated carbocycles. The van der Waals surface area contributed by atoms with E-state index >= 15 is 0 Å². The first-order valence-electron chi connectivity index (χ1n) is 10.5. The van der Waals surface area contributed by atoms with Crippen LogP contribution < -0.4 is 0 Å². The maximum atomic E-state index is 12.4. The van der Waals surface area contributed by atoms with Crippen molar-refractivity contribution in [3.8, 4) is 0 Å². The van der Waals surface area contributed by atoms with Gasteiger partial charge in [-0.15, -0.1) is 0 Å². The molecule has 0 bridgehead atoms. The maximum absolute atomic E-state index is 12.4. The number of carbonyl (C=O) groups excluding carboxylic acids is 4. The largest absolute Gasteiger partial charge is 0.379 e. The van der Waals surface area contributed by atoms with Gasteiger partial charge in [0.25, 0.3) is 11.8 Å². The van der Waals surface area contributed by atoms with Gasteiger partial charge in [-0.3, -0.25) is 24.1 Å². The van der Waals surface area contributed by atoms with Crippen LogP contribution in [0.4, 0.5) is 0 Å². The molecule has 0 radical (unpaired) electrons. The number of amides is 4. The molecule has 31 heavy (non-hydrogen) atoms. The summed E-state index contributed by atoms with van der Waals surface area (Å²) in [7, 11) is 7.09. The molecule has 8 nitrogen and oxygen atoms in total. The summed E-state index contributed by atoms with van der Waals surface area (Å²) in [6.45, 7) is 7.93. The number of hydrogen-bond donors (Lipinski definition) is 0. The second kappa shape index (κ2) is 13.8. The average Bonchev–Trinajstić information content (AvgIpc) is 3.05. The molecule has 1 aliphatic heterocycles. The normalized spacial score (nSPS) is 13.8. The van der Waals surface area contributed by atoms with Crippen LogP contribution in [0.15, 0.2) is 12.2 Å². The van der Waals surface area contributed by atoms with E-state index < -0.39 is 0 Å². The van der Waals surface area contributed by atoms with Crippen LogP contribution in [-0.2, 0) is 23.9 Å². The lowest BCUT2D eigenvalue weighted by Gasteiger charge is -2.26. The van der Waals surface area contributed by atoms with E-state index in [-0.39, 0.29) is 54.6 Å². The Morgan fingerprint density at radius 2 is 1.55 bits per heavy atom. The Kier molecular flexibility index (Phi) is 12.2. The predicted molar refractivity (Wildman–Crippen MR) is 126 cm³/mol. The molecule has 0 aliphatic carbocycles. The summed E-state index contributed by atoms with van der Waals surface area (Å²) in [4.78, 5) is 51.8. The van der Waals surface area contributed by atoms with Crippen molar-refractivity contribution in [1.82, 2.24) is 14.7 Å². The van der Waals surface area contributed by atoms with Gasteiger partial charge in [-0.2, -0.15) is 0 Å². The lowest BCUT2D eigenvalue weighted by Crippen LogP contribution is -2.38. The van der Waals surface area contributed by atoms with Crippen LogP contribution in [0, 0.1) is 0 Å². The van der Waals surface area contributed by atoms with Gasteiger partial charge >= 0.3 is 0 Å². The summed E-state index contributed by atoms with van der Waals surface area (Å²) in [5.41, 5.74) is 0. The second-order valence-electron chi connectivity index (χ2n) is 7.90. The zero-order valence-electron chi connectivity index (χ0n) is 19.2. The minimum atomic E-state index is -0.342.